The zero-order valence-electron chi connectivity index (χ0n) is 12.3. The van der Waals surface area contributed by atoms with E-state index >= 15 is 0 Å². The van der Waals surface area contributed by atoms with Gasteiger partial charge in [-0.25, -0.2) is 0 Å². The molecule has 2 aromatic rings. The van der Waals surface area contributed by atoms with E-state index in [9.17, 15) is 0 Å². The Bertz CT molecular complexity index is 588. The van der Waals surface area contributed by atoms with Crippen molar-refractivity contribution in [3.63, 3.8) is 0 Å². The first-order valence-corrected chi connectivity index (χ1v) is 6.87. The van der Waals surface area contributed by atoms with E-state index in [1.165, 1.54) is 16.8 Å². The zero-order chi connectivity index (χ0) is 14.1. The standard InChI is InChI=1S/C14H21N5O/c1-17-5-11(4-15-17)6-19-8-12-7-18(2)16-14(12)13(9-19)10-20-3/h4-5,7,13H,6,8-10H2,1-3H3/t13-/m1/s1. The molecule has 1 aliphatic rings. The fourth-order valence-corrected chi connectivity index (χ4v) is 2.99. The second-order valence-corrected chi connectivity index (χ2v) is 5.56. The van der Waals surface area contributed by atoms with E-state index in [1.807, 2.05) is 29.7 Å². The molecule has 20 heavy (non-hydrogen) atoms. The van der Waals surface area contributed by atoms with Crippen molar-refractivity contribution in [2.45, 2.75) is 19.0 Å². The molecule has 0 amide bonds. The van der Waals surface area contributed by atoms with Crippen LogP contribution in [0.15, 0.2) is 18.6 Å². The number of methoxy groups -OCH3 is 1. The topological polar surface area (TPSA) is 48.1 Å². The van der Waals surface area contributed by atoms with Crippen molar-refractivity contribution in [2.24, 2.45) is 14.1 Å². The molecular formula is C14H21N5O. The maximum atomic E-state index is 5.36. The number of ether oxygens (including phenoxy) is 1. The van der Waals surface area contributed by atoms with Gasteiger partial charge in [0.2, 0.25) is 0 Å². The summed E-state index contributed by atoms with van der Waals surface area (Å²) in [7, 11) is 5.68. The van der Waals surface area contributed by atoms with Crippen molar-refractivity contribution in [3.05, 3.63) is 35.4 Å². The average Bonchev–Trinajstić information content (AvgIpc) is 2.95. The molecule has 0 spiro atoms. The Hall–Kier alpha value is -1.66. The Morgan fingerprint density at radius 1 is 1.30 bits per heavy atom. The molecule has 0 aromatic carbocycles. The molecule has 3 heterocycles. The second-order valence-electron chi connectivity index (χ2n) is 5.56. The van der Waals surface area contributed by atoms with Gasteiger partial charge in [-0.05, 0) is 0 Å². The first-order chi connectivity index (χ1) is 9.65. The smallest absolute Gasteiger partial charge is 0.0736 e. The molecule has 0 fully saturated rings. The van der Waals surface area contributed by atoms with Gasteiger partial charge in [0.15, 0.2) is 0 Å². The highest BCUT2D eigenvalue weighted by Gasteiger charge is 2.28. The molecule has 6 nitrogen and oxygen atoms in total. The van der Waals surface area contributed by atoms with Crippen LogP contribution in [0.25, 0.3) is 0 Å². The number of hydrogen-bond donors (Lipinski definition) is 0. The van der Waals surface area contributed by atoms with Gasteiger partial charge in [-0.15, -0.1) is 0 Å². The molecule has 108 valence electrons. The van der Waals surface area contributed by atoms with E-state index in [2.05, 4.69) is 27.5 Å². The van der Waals surface area contributed by atoms with Gasteiger partial charge >= 0.3 is 0 Å². The third-order valence-corrected chi connectivity index (χ3v) is 3.73. The minimum atomic E-state index is 0.349. The van der Waals surface area contributed by atoms with Crippen molar-refractivity contribution >= 4 is 0 Å². The summed E-state index contributed by atoms with van der Waals surface area (Å²) in [5.41, 5.74) is 3.75. The minimum Gasteiger partial charge on any atom is -0.384 e. The van der Waals surface area contributed by atoms with Crippen molar-refractivity contribution in [1.82, 2.24) is 24.5 Å². The van der Waals surface area contributed by atoms with Crippen LogP contribution in [0.5, 0.6) is 0 Å². The van der Waals surface area contributed by atoms with Crippen LogP contribution in [0.1, 0.15) is 22.7 Å². The Balaban J connectivity index is 1.78. The predicted octanol–water partition coefficient (Wildman–Crippen LogP) is 0.899. The van der Waals surface area contributed by atoms with E-state index in [0.29, 0.717) is 12.5 Å². The average molecular weight is 275 g/mol. The quantitative estimate of drug-likeness (QED) is 0.832. The van der Waals surface area contributed by atoms with Crippen molar-refractivity contribution in [3.8, 4) is 0 Å². The molecule has 0 aliphatic carbocycles. The Labute approximate surface area is 118 Å². The summed E-state index contributed by atoms with van der Waals surface area (Å²) < 4.78 is 9.11. The molecule has 0 saturated heterocycles. The summed E-state index contributed by atoms with van der Waals surface area (Å²) in [4.78, 5) is 2.44. The first kappa shape index (κ1) is 13.3. The summed E-state index contributed by atoms with van der Waals surface area (Å²) in [6, 6.07) is 0. The normalized spacial score (nSPS) is 19.2. The number of rotatable bonds is 4. The highest BCUT2D eigenvalue weighted by Crippen LogP contribution is 2.28. The lowest BCUT2D eigenvalue weighted by atomic mass is 9.97. The van der Waals surface area contributed by atoms with Crippen molar-refractivity contribution < 1.29 is 4.74 Å². The third kappa shape index (κ3) is 2.62. The number of aryl methyl sites for hydroxylation is 2. The van der Waals surface area contributed by atoms with Gasteiger partial charge < -0.3 is 4.74 Å². The van der Waals surface area contributed by atoms with Gasteiger partial charge in [-0.1, -0.05) is 0 Å². The molecular weight excluding hydrogens is 254 g/mol. The van der Waals surface area contributed by atoms with Gasteiger partial charge in [-0.2, -0.15) is 10.2 Å². The van der Waals surface area contributed by atoms with Crippen molar-refractivity contribution in [2.75, 3.05) is 20.3 Å². The van der Waals surface area contributed by atoms with E-state index in [4.69, 9.17) is 4.74 Å². The summed E-state index contributed by atoms with van der Waals surface area (Å²) in [5.74, 6) is 0.349. The highest BCUT2D eigenvalue weighted by molar-refractivity contribution is 5.25. The maximum absolute atomic E-state index is 5.36. The highest BCUT2D eigenvalue weighted by atomic mass is 16.5. The third-order valence-electron chi connectivity index (χ3n) is 3.73. The zero-order valence-corrected chi connectivity index (χ0v) is 12.3. The number of fused-ring (bicyclic) bond motifs is 1. The van der Waals surface area contributed by atoms with Crippen LogP contribution >= 0.6 is 0 Å². The lowest BCUT2D eigenvalue weighted by molar-refractivity contribution is 0.134. The van der Waals surface area contributed by atoms with Gasteiger partial charge in [0.25, 0.3) is 0 Å². The molecule has 0 N–H and O–H groups in total. The van der Waals surface area contributed by atoms with Crippen LogP contribution in [0.3, 0.4) is 0 Å². The molecule has 0 radical (unpaired) electrons. The van der Waals surface area contributed by atoms with E-state index in [1.54, 1.807) is 7.11 Å². The molecule has 3 rings (SSSR count). The predicted molar refractivity (Wildman–Crippen MR) is 75.1 cm³/mol. The Morgan fingerprint density at radius 2 is 2.15 bits per heavy atom. The summed E-state index contributed by atoms with van der Waals surface area (Å²) >= 11 is 0. The van der Waals surface area contributed by atoms with Crippen LogP contribution in [-0.2, 0) is 31.9 Å². The lowest BCUT2D eigenvalue weighted by Gasteiger charge is -2.31. The first-order valence-electron chi connectivity index (χ1n) is 6.87. The molecule has 6 heteroatoms. The molecule has 0 saturated carbocycles. The Morgan fingerprint density at radius 3 is 2.85 bits per heavy atom. The summed E-state index contributed by atoms with van der Waals surface area (Å²) in [5, 5.41) is 8.83. The number of hydrogen-bond acceptors (Lipinski definition) is 4. The Kier molecular flexibility index (Phi) is 3.58. The van der Waals surface area contributed by atoms with Crippen LogP contribution in [0.4, 0.5) is 0 Å². The van der Waals surface area contributed by atoms with Crippen molar-refractivity contribution in [1.29, 1.82) is 0 Å². The van der Waals surface area contributed by atoms with Crippen LogP contribution in [0, 0.1) is 0 Å². The van der Waals surface area contributed by atoms with E-state index in [0.717, 1.165) is 19.6 Å². The molecule has 0 bridgehead atoms. The van der Waals surface area contributed by atoms with Gasteiger partial charge in [0.05, 0.1) is 18.5 Å². The fourth-order valence-electron chi connectivity index (χ4n) is 2.99. The summed E-state index contributed by atoms with van der Waals surface area (Å²) in [6.07, 6.45) is 6.13. The molecule has 1 atom stereocenters. The number of nitrogens with zero attached hydrogens (tertiary/aromatic N) is 5. The molecule has 2 aromatic heterocycles. The summed E-state index contributed by atoms with van der Waals surface area (Å²) in [6.45, 7) is 3.56. The van der Waals surface area contributed by atoms with Gasteiger partial charge in [-0.3, -0.25) is 14.3 Å². The van der Waals surface area contributed by atoms with Crippen LogP contribution in [0.2, 0.25) is 0 Å². The number of aromatic nitrogens is 4. The minimum absolute atomic E-state index is 0.349. The van der Waals surface area contributed by atoms with Gasteiger partial charge in [0.1, 0.15) is 0 Å². The van der Waals surface area contributed by atoms with E-state index < -0.39 is 0 Å². The van der Waals surface area contributed by atoms with Crippen LogP contribution in [-0.4, -0.2) is 44.7 Å². The van der Waals surface area contributed by atoms with E-state index in [-0.39, 0.29) is 0 Å². The fraction of sp³-hybridized carbons (Fsp3) is 0.571. The maximum Gasteiger partial charge on any atom is 0.0736 e. The second kappa shape index (κ2) is 5.38. The monoisotopic (exact) mass is 275 g/mol. The SMILES string of the molecule is COC[C@H]1CN(Cc2cnn(C)c2)Cc2cn(C)nc21. The van der Waals surface area contributed by atoms with Gasteiger partial charge in [0, 0.05) is 70.3 Å². The van der Waals surface area contributed by atoms with Crippen LogP contribution < -0.4 is 0 Å². The largest absolute Gasteiger partial charge is 0.384 e. The molecule has 1 aliphatic heterocycles. The molecule has 0 unspecified atom stereocenters. The lowest BCUT2D eigenvalue weighted by Crippen LogP contribution is -2.34.